The standard InChI is InChI=1S/C28H27B2F3N3O3P/c1-5-22(35(2)28(29,30)38)26-34-21-14-20(31)19(16-9-11-18(12-10-16)40(3)4)13-23(21)36(26)25-17(15-37)7-6-8-24(25)39-27(32)33/h6-15,22,27,38H,5H2,1-4H3. The molecule has 0 aliphatic carbocycles. The number of rotatable bonds is 10. The molecule has 0 aliphatic rings. The van der Waals surface area contributed by atoms with Gasteiger partial charge >= 0.3 is 6.61 Å². The minimum atomic E-state index is -3.18. The molecule has 4 radical (unpaired) electrons. The summed E-state index contributed by atoms with van der Waals surface area (Å²) < 4.78 is 48.7. The first-order valence-electron chi connectivity index (χ1n) is 12.4. The first-order valence-corrected chi connectivity index (χ1v) is 14.7. The number of nitrogens with zero attached hydrogens (tertiary/aromatic N) is 3. The number of benzene rings is 3. The average molecular weight is 563 g/mol. The van der Waals surface area contributed by atoms with Crippen molar-refractivity contribution in [1.29, 1.82) is 0 Å². The number of aromatic nitrogens is 2. The van der Waals surface area contributed by atoms with E-state index in [-0.39, 0.29) is 41.8 Å². The van der Waals surface area contributed by atoms with Crippen LogP contribution < -0.4 is 10.0 Å². The van der Waals surface area contributed by atoms with Gasteiger partial charge in [-0.05, 0) is 55.9 Å². The predicted molar refractivity (Wildman–Crippen MR) is 154 cm³/mol. The van der Waals surface area contributed by atoms with E-state index in [1.54, 1.807) is 13.0 Å². The van der Waals surface area contributed by atoms with Crippen LogP contribution in [0.3, 0.4) is 0 Å². The number of carbonyl (C=O) groups excluding carboxylic acids is 1. The summed E-state index contributed by atoms with van der Waals surface area (Å²) in [5.41, 5.74) is -0.903. The second-order valence-corrected chi connectivity index (χ2v) is 11.9. The number of hydrogen-bond acceptors (Lipinski definition) is 5. The van der Waals surface area contributed by atoms with E-state index in [4.69, 9.17) is 20.4 Å². The van der Waals surface area contributed by atoms with Crippen LogP contribution in [0.4, 0.5) is 13.2 Å². The molecule has 4 aromatic rings. The maximum Gasteiger partial charge on any atom is 0.387 e. The van der Waals surface area contributed by atoms with Crippen LogP contribution in [0.1, 0.15) is 35.6 Å². The topological polar surface area (TPSA) is 67.6 Å². The van der Waals surface area contributed by atoms with Gasteiger partial charge in [0.2, 0.25) is 0 Å². The molecular weight excluding hydrogens is 536 g/mol. The third kappa shape index (κ3) is 5.82. The number of hydrogen-bond donors (Lipinski definition) is 1. The number of fused-ring (bicyclic) bond motifs is 1. The van der Waals surface area contributed by atoms with E-state index in [0.717, 1.165) is 5.30 Å². The second-order valence-electron chi connectivity index (χ2n) is 9.58. The maximum atomic E-state index is 15.5. The smallest absolute Gasteiger partial charge is 0.387 e. The number of imidazole rings is 1. The Morgan fingerprint density at radius 3 is 2.40 bits per heavy atom. The molecule has 1 atom stereocenters. The second kappa shape index (κ2) is 11.8. The van der Waals surface area contributed by atoms with Crippen molar-refractivity contribution in [2.24, 2.45) is 0 Å². The minimum absolute atomic E-state index is 0.0183. The summed E-state index contributed by atoms with van der Waals surface area (Å²) in [5, 5.41) is 11.5. The quantitative estimate of drug-likeness (QED) is 0.128. The fourth-order valence-electron chi connectivity index (χ4n) is 4.68. The van der Waals surface area contributed by atoms with Gasteiger partial charge in [-0.15, -0.1) is 0 Å². The van der Waals surface area contributed by atoms with Crippen LogP contribution in [-0.2, 0) is 0 Å². The van der Waals surface area contributed by atoms with Gasteiger partial charge < -0.3 is 9.84 Å². The number of aldehydes is 1. The van der Waals surface area contributed by atoms with Gasteiger partial charge in [-0.25, -0.2) is 9.37 Å². The molecule has 1 aromatic heterocycles. The highest BCUT2D eigenvalue weighted by Gasteiger charge is 2.32. The van der Waals surface area contributed by atoms with Crippen LogP contribution in [0.15, 0.2) is 54.6 Å². The molecule has 0 bridgehead atoms. The van der Waals surface area contributed by atoms with Crippen LogP contribution in [-0.4, -0.2) is 74.0 Å². The summed E-state index contributed by atoms with van der Waals surface area (Å²) in [6.07, 6.45) is 0.811. The molecule has 1 heterocycles. The van der Waals surface area contributed by atoms with E-state index in [0.29, 0.717) is 23.8 Å². The number of ether oxygens (including phenoxy) is 1. The molecule has 3 aromatic carbocycles. The average Bonchev–Trinajstić information content (AvgIpc) is 3.24. The third-order valence-corrected chi connectivity index (χ3v) is 8.11. The molecule has 1 unspecified atom stereocenters. The van der Waals surface area contributed by atoms with Crippen molar-refractivity contribution < 1.29 is 27.8 Å². The fourth-order valence-corrected chi connectivity index (χ4v) is 5.43. The monoisotopic (exact) mass is 563 g/mol. The van der Waals surface area contributed by atoms with Crippen molar-refractivity contribution in [2.45, 2.75) is 31.5 Å². The molecule has 0 amide bonds. The first kappa shape index (κ1) is 29.8. The lowest BCUT2D eigenvalue weighted by Crippen LogP contribution is -2.49. The number of aliphatic hydroxyl groups is 1. The summed E-state index contributed by atoms with van der Waals surface area (Å²) in [6, 6.07) is 13.7. The van der Waals surface area contributed by atoms with Crippen LogP contribution in [0.5, 0.6) is 5.75 Å². The minimum Gasteiger partial charge on any atom is -0.433 e. The summed E-state index contributed by atoms with van der Waals surface area (Å²) in [7, 11) is 12.7. The maximum absolute atomic E-state index is 15.5. The fraction of sp³-hybridized carbons (Fsp3) is 0.286. The normalized spacial score (nSPS) is 13.0. The SMILES string of the molecule is [B]C([B])(O)N(C)C(CC)c1nc2cc(F)c(-c3ccc(P(C)C)cc3)cc2n1-c1c(C=O)cccc1OC(F)F. The van der Waals surface area contributed by atoms with Gasteiger partial charge in [0.25, 0.3) is 0 Å². The zero-order valence-corrected chi connectivity index (χ0v) is 23.4. The number of para-hydroxylation sites is 1. The lowest BCUT2D eigenvalue weighted by molar-refractivity contribution is -0.0499. The van der Waals surface area contributed by atoms with E-state index in [2.05, 4.69) is 18.3 Å². The Kier molecular flexibility index (Phi) is 8.78. The highest BCUT2D eigenvalue weighted by atomic mass is 31.1. The number of alkyl halides is 2. The van der Waals surface area contributed by atoms with Crippen LogP contribution in [0, 0.1) is 5.82 Å². The predicted octanol–water partition coefficient (Wildman–Crippen LogP) is 4.94. The Morgan fingerprint density at radius 2 is 1.85 bits per heavy atom. The summed E-state index contributed by atoms with van der Waals surface area (Å²) in [6.45, 7) is 2.83. The Balaban J connectivity index is 2.09. The molecular formula is C28H27B2F3N3O3P. The molecule has 0 saturated heterocycles. The molecule has 0 spiro atoms. The van der Waals surface area contributed by atoms with E-state index in [1.807, 2.05) is 24.3 Å². The van der Waals surface area contributed by atoms with Crippen LogP contribution in [0.2, 0.25) is 0 Å². The molecule has 0 fully saturated rings. The highest BCUT2D eigenvalue weighted by Crippen LogP contribution is 2.39. The summed E-state index contributed by atoms with van der Waals surface area (Å²) in [5.74, 6) is -0.657. The van der Waals surface area contributed by atoms with E-state index in [9.17, 15) is 18.7 Å². The molecule has 4 rings (SSSR count). The number of halogens is 3. The van der Waals surface area contributed by atoms with E-state index < -0.39 is 24.0 Å². The lowest BCUT2D eigenvalue weighted by atomic mass is 9.71. The van der Waals surface area contributed by atoms with Crippen molar-refractivity contribution in [3.63, 3.8) is 0 Å². The van der Waals surface area contributed by atoms with Gasteiger partial charge in [0.05, 0.1) is 17.1 Å². The van der Waals surface area contributed by atoms with Crippen molar-refractivity contribution >= 4 is 46.2 Å². The lowest BCUT2D eigenvalue weighted by Gasteiger charge is -2.38. The Bertz CT molecular complexity index is 1530. The summed E-state index contributed by atoms with van der Waals surface area (Å²) >= 11 is 0. The van der Waals surface area contributed by atoms with Crippen molar-refractivity contribution in [2.75, 3.05) is 20.4 Å². The highest BCUT2D eigenvalue weighted by molar-refractivity contribution is 7.64. The van der Waals surface area contributed by atoms with Gasteiger partial charge in [0.1, 0.15) is 33.0 Å². The molecule has 204 valence electrons. The molecule has 0 aliphatic heterocycles. The zero-order valence-electron chi connectivity index (χ0n) is 22.5. The Labute approximate surface area is 234 Å². The zero-order chi connectivity index (χ0) is 29.4. The third-order valence-electron chi connectivity index (χ3n) is 6.78. The van der Waals surface area contributed by atoms with Crippen molar-refractivity contribution in [1.82, 2.24) is 14.5 Å². The van der Waals surface area contributed by atoms with Crippen molar-refractivity contribution in [3.05, 3.63) is 71.8 Å². The van der Waals surface area contributed by atoms with E-state index >= 15 is 4.39 Å². The van der Waals surface area contributed by atoms with Crippen molar-refractivity contribution in [3.8, 4) is 22.6 Å². The van der Waals surface area contributed by atoms with Gasteiger partial charge in [-0.1, -0.05) is 45.2 Å². The van der Waals surface area contributed by atoms with Gasteiger partial charge in [0, 0.05) is 22.7 Å². The molecule has 12 heteroatoms. The summed E-state index contributed by atoms with van der Waals surface area (Å²) in [4.78, 5) is 18.0. The number of carbonyl (C=O) groups is 1. The largest absolute Gasteiger partial charge is 0.433 e. The van der Waals surface area contributed by atoms with Crippen LogP contribution >= 0.6 is 7.92 Å². The first-order chi connectivity index (χ1) is 18.9. The van der Waals surface area contributed by atoms with Crippen LogP contribution in [0.25, 0.3) is 27.8 Å². The Hall–Kier alpha value is -3.13. The van der Waals surface area contributed by atoms with E-state index in [1.165, 1.54) is 40.8 Å². The molecule has 1 N–H and O–H groups in total. The van der Waals surface area contributed by atoms with Gasteiger partial charge in [0.15, 0.2) is 12.0 Å². The molecule has 0 saturated carbocycles. The van der Waals surface area contributed by atoms with Gasteiger partial charge in [-0.2, -0.15) is 8.78 Å². The molecule has 40 heavy (non-hydrogen) atoms. The molecule has 6 nitrogen and oxygen atoms in total. The Morgan fingerprint density at radius 1 is 1.18 bits per heavy atom. The van der Waals surface area contributed by atoms with Gasteiger partial charge in [-0.3, -0.25) is 14.3 Å².